The van der Waals surface area contributed by atoms with Crippen LogP contribution in [-0.2, 0) is 9.84 Å². The molecule has 136 valence electrons. The summed E-state index contributed by atoms with van der Waals surface area (Å²) in [4.78, 5) is 12.4. The third-order valence-corrected chi connectivity index (χ3v) is 5.76. The van der Waals surface area contributed by atoms with Gasteiger partial charge < -0.3 is 16.3 Å². The number of nitrogens with one attached hydrogen (secondary N) is 1. The molecule has 1 aromatic heterocycles. The summed E-state index contributed by atoms with van der Waals surface area (Å²) in [7, 11) is -3.31. The van der Waals surface area contributed by atoms with Gasteiger partial charge in [0.05, 0.1) is 11.8 Å². The van der Waals surface area contributed by atoms with Crippen LogP contribution in [0.15, 0.2) is 41.9 Å². The number of aryl methyl sites for hydroxylation is 2. The highest BCUT2D eigenvalue weighted by Crippen LogP contribution is 2.24. The van der Waals surface area contributed by atoms with E-state index < -0.39 is 21.8 Å². The van der Waals surface area contributed by atoms with Crippen LogP contribution in [0.3, 0.4) is 0 Å². The van der Waals surface area contributed by atoms with Gasteiger partial charge >= 0.3 is 11.6 Å². The Labute approximate surface area is 151 Å². The van der Waals surface area contributed by atoms with Crippen LogP contribution in [-0.4, -0.2) is 26.1 Å². The number of pyridine rings is 1. The molecule has 3 N–H and O–H groups in total. The van der Waals surface area contributed by atoms with Gasteiger partial charge in [-0.05, 0) is 42.7 Å². The Morgan fingerprint density at radius 1 is 1.23 bits per heavy atom. The molecule has 0 aliphatic carbocycles. The van der Waals surface area contributed by atoms with E-state index in [0.29, 0.717) is 10.3 Å². The topological polar surface area (TPSA) is 116 Å². The first-order chi connectivity index (χ1) is 12.2. The van der Waals surface area contributed by atoms with Crippen molar-refractivity contribution < 1.29 is 17.9 Å². The molecule has 26 heavy (non-hydrogen) atoms. The molecule has 1 atom stereocenters. The number of nitrogens with two attached hydrogens (primary N) is 1. The van der Waals surface area contributed by atoms with Crippen molar-refractivity contribution in [3.63, 3.8) is 0 Å². The molecular weight excluding hydrogens is 354 g/mol. The fourth-order valence-corrected chi connectivity index (χ4v) is 4.04. The van der Waals surface area contributed by atoms with Crippen LogP contribution in [0.1, 0.15) is 21.6 Å². The number of anilines is 1. The number of carbonyl (C=O) groups excluding carboxylic acids is 1. The second kappa shape index (κ2) is 6.45. The van der Waals surface area contributed by atoms with Crippen LogP contribution < -0.4 is 15.8 Å². The number of rotatable bonds is 3. The van der Waals surface area contributed by atoms with Gasteiger partial charge in [0.1, 0.15) is 5.69 Å². The minimum Gasteiger partial charge on any atom is -0.618 e. The van der Waals surface area contributed by atoms with Gasteiger partial charge in [-0.25, -0.2) is 8.42 Å². The first-order valence-electron chi connectivity index (χ1n) is 7.98. The smallest absolute Gasteiger partial charge is 0.320 e. The average Bonchev–Trinajstić information content (AvgIpc) is 2.88. The quantitative estimate of drug-likeness (QED) is 0.620. The lowest BCUT2D eigenvalue weighted by atomic mass is 10.0. The molecule has 0 spiro atoms. The van der Waals surface area contributed by atoms with E-state index in [4.69, 9.17) is 5.73 Å². The maximum Gasteiger partial charge on any atom is 0.320 e. The molecule has 3 rings (SSSR count). The van der Waals surface area contributed by atoms with E-state index in [2.05, 4.69) is 5.32 Å². The van der Waals surface area contributed by atoms with E-state index in [0.717, 1.165) is 22.1 Å². The van der Waals surface area contributed by atoms with Gasteiger partial charge in [0.2, 0.25) is 0 Å². The molecule has 1 aliphatic heterocycles. The van der Waals surface area contributed by atoms with Gasteiger partial charge in [0.25, 0.3) is 0 Å². The van der Waals surface area contributed by atoms with Crippen LogP contribution in [0, 0.1) is 19.1 Å². The van der Waals surface area contributed by atoms with Crippen LogP contribution >= 0.6 is 0 Å². The van der Waals surface area contributed by atoms with Crippen molar-refractivity contribution in [2.24, 2.45) is 0 Å². The third kappa shape index (κ3) is 3.55. The van der Waals surface area contributed by atoms with E-state index in [9.17, 15) is 18.4 Å². The van der Waals surface area contributed by atoms with E-state index in [1.54, 1.807) is 6.07 Å². The molecule has 2 heterocycles. The zero-order valence-corrected chi connectivity index (χ0v) is 15.2. The van der Waals surface area contributed by atoms with Gasteiger partial charge in [0, 0.05) is 11.0 Å². The maximum absolute atomic E-state index is 12.4. The zero-order valence-electron chi connectivity index (χ0n) is 14.4. The molecular formula is C18H19N3O4S. The van der Waals surface area contributed by atoms with Crippen LogP contribution in [0.5, 0.6) is 0 Å². The largest absolute Gasteiger partial charge is 0.618 e. The molecule has 2 aromatic rings. The van der Waals surface area contributed by atoms with Gasteiger partial charge in [-0.15, -0.1) is 0 Å². The Morgan fingerprint density at radius 2 is 1.96 bits per heavy atom. The summed E-state index contributed by atoms with van der Waals surface area (Å²) in [6.45, 7) is 3.96. The van der Waals surface area contributed by atoms with Gasteiger partial charge in [-0.3, -0.25) is 4.79 Å². The monoisotopic (exact) mass is 373 g/mol. The van der Waals surface area contributed by atoms with Gasteiger partial charge in [0.15, 0.2) is 16.0 Å². The lowest BCUT2D eigenvalue weighted by Gasteiger charge is -2.13. The Hall–Kier alpha value is -2.87. The zero-order chi connectivity index (χ0) is 19.1. The number of nitrogen functional groups attached to an aromatic ring is 1. The molecule has 1 aliphatic rings. The predicted molar refractivity (Wildman–Crippen MR) is 98.9 cm³/mol. The van der Waals surface area contributed by atoms with Crippen molar-refractivity contribution in [1.82, 2.24) is 5.32 Å². The average molecular weight is 373 g/mol. The number of amides is 1. The molecule has 1 amide bonds. The number of nitrogens with zero attached hydrogens (tertiary/aromatic N) is 1. The fraction of sp³-hybridized carbons (Fsp3) is 0.222. The number of hydrogen-bond acceptors (Lipinski definition) is 5. The molecule has 1 aromatic carbocycles. The van der Waals surface area contributed by atoms with Crippen molar-refractivity contribution in [2.45, 2.75) is 19.9 Å². The molecule has 8 heteroatoms. The maximum atomic E-state index is 12.4. The second-order valence-electron chi connectivity index (χ2n) is 6.40. The van der Waals surface area contributed by atoms with Crippen LogP contribution in [0.4, 0.5) is 5.69 Å². The first kappa shape index (κ1) is 17.9. The SMILES string of the molecule is Cc1ccc(-c2cc(N)c(C(=O)NC3C=CS(=O)(=O)C3)[n+]([O-])c2)cc1C. The summed E-state index contributed by atoms with van der Waals surface area (Å²) in [6, 6.07) is 6.66. The summed E-state index contributed by atoms with van der Waals surface area (Å²) in [5.74, 6) is -0.936. The summed E-state index contributed by atoms with van der Waals surface area (Å²) in [5.41, 5.74) is 9.34. The summed E-state index contributed by atoms with van der Waals surface area (Å²) in [6.07, 6.45) is 2.67. The minimum atomic E-state index is -3.31. The number of hydrogen-bond donors (Lipinski definition) is 2. The Kier molecular flexibility index (Phi) is 4.45. The highest BCUT2D eigenvalue weighted by Gasteiger charge is 2.28. The lowest BCUT2D eigenvalue weighted by Crippen LogP contribution is -2.44. The normalized spacial score (nSPS) is 18.0. The van der Waals surface area contributed by atoms with Gasteiger partial charge in [-0.2, -0.15) is 4.73 Å². The second-order valence-corrected chi connectivity index (χ2v) is 8.33. The lowest BCUT2D eigenvalue weighted by molar-refractivity contribution is -0.606. The number of carbonyl (C=O) groups is 1. The number of benzene rings is 1. The number of sulfone groups is 1. The molecule has 0 saturated carbocycles. The highest BCUT2D eigenvalue weighted by molar-refractivity contribution is 7.94. The minimum absolute atomic E-state index is 0.0260. The summed E-state index contributed by atoms with van der Waals surface area (Å²) < 4.78 is 23.3. The Bertz CT molecular complexity index is 1010. The van der Waals surface area contributed by atoms with Crippen LogP contribution in [0.2, 0.25) is 0 Å². The standard InChI is InChI=1S/C18H19N3O4S/c1-11-3-4-13(7-12(11)2)14-8-16(19)17(21(23)9-14)18(22)20-15-5-6-26(24,25)10-15/h3-9,15H,10,19H2,1-2H3,(H,20,22). The van der Waals surface area contributed by atoms with Crippen LogP contribution in [0.25, 0.3) is 11.1 Å². The van der Waals surface area contributed by atoms with E-state index in [1.165, 1.54) is 12.3 Å². The summed E-state index contributed by atoms with van der Waals surface area (Å²) >= 11 is 0. The van der Waals surface area contributed by atoms with Crippen molar-refractivity contribution in [3.05, 3.63) is 64.0 Å². The molecule has 0 bridgehead atoms. The predicted octanol–water partition coefficient (Wildman–Crippen LogP) is 1.23. The Morgan fingerprint density at radius 3 is 2.54 bits per heavy atom. The van der Waals surface area contributed by atoms with Crippen molar-refractivity contribution in [2.75, 3.05) is 11.5 Å². The number of aromatic nitrogens is 1. The summed E-state index contributed by atoms with van der Waals surface area (Å²) in [5, 5.41) is 15.9. The molecule has 0 fully saturated rings. The molecule has 0 radical (unpaired) electrons. The van der Waals surface area contributed by atoms with E-state index in [1.807, 2.05) is 32.0 Å². The van der Waals surface area contributed by atoms with E-state index in [-0.39, 0.29) is 17.1 Å². The molecule has 0 saturated heterocycles. The van der Waals surface area contributed by atoms with Gasteiger partial charge in [-0.1, -0.05) is 18.2 Å². The molecule has 7 nitrogen and oxygen atoms in total. The highest BCUT2D eigenvalue weighted by atomic mass is 32.2. The van der Waals surface area contributed by atoms with Crippen molar-refractivity contribution in [3.8, 4) is 11.1 Å². The Balaban J connectivity index is 1.89. The first-order valence-corrected chi connectivity index (χ1v) is 9.70. The van der Waals surface area contributed by atoms with Crippen molar-refractivity contribution >= 4 is 21.4 Å². The third-order valence-electron chi connectivity index (χ3n) is 4.36. The fourth-order valence-electron chi connectivity index (χ4n) is 2.80. The van der Waals surface area contributed by atoms with E-state index >= 15 is 0 Å². The molecule has 1 unspecified atom stereocenters. The van der Waals surface area contributed by atoms with Crippen molar-refractivity contribution in [1.29, 1.82) is 0 Å².